The summed E-state index contributed by atoms with van der Waals surface area (Å²) in [5.74, 6) is 1.93. The minimum atomic E-state index is -0.546. The minimum absolute atomic E-state index is 0.0719. The van der Waals surface area contributed by atoms with Gasteiger partial charge < -0.3 is 10.2 Å². The minimum Gasteiger partial charge on any atom is -0.331 e. The number of carbonyl (C=O) groups is 1. The fraction of sp³-hybridized carbons (Fsp3) is 0.500. The molecule has 0 radical (unpaired) electrons. The van der Waals surface area contributed by atoms with Crippen molar-refractivity contribution in [2.45, 2.75) is 77.2 Å². The van der Waals surface area contributed by atoms with Crippen molar-refractivity contribution in [1.29, 1.82) is 0 Å². The van der Waals surface area contributed by atoms with Crippen LogP contribution in [0.25, 0.3) is 0 Å². The average molecular weight is 478 g/mol. The number of hydrogen-bond acceptors (Lipinski definition) is 7. The summed E-state index contributed by atoms with van der Waals surface area (Å²) in [4.78, 5) is 28.9. The molecule has 2 N–H and O–H groups in total. The van der Waals surface area contributed by atoms with E-state index in [0.29, 0.717) is 17.4 Å². The van der Waals surface area contributed by atoms with E-state index >= 15 is 0 Å². The zero-order valence-corrected chi connectivity index (χ0v) is 20.7. The van der Waals surface area contributed by atoms with E-state index in [2.05, 4.69) is 48.2 Å². The van der Waals surface area contributed by atoms with Crippen LogP contribution in [-0.2, 0) is 23.1 Å². The van der Waals surface area contributed by atoms with Crippen LogP contribution in [0.1, 0.15) is 75.4 Å². The van der Waals surface area contributed by atoms with Crippen molar-refractivity contribution >= 4 is 23.4 Å². The Kier molecular flexibility index (Phi) is 6.02. The predicted octanol–water partition coefficient (Wildman–Crippen LogP) is 4.61. The first kappa shape index (κ1) is 23.4. The standard InChI is InChI=1S/C26H32FN7O/c1-15(2)18-13-22(33-32-18)29-24-17-9-10-26(3,4)23(17)30-25(31-24)34-11-5-6-19(34)20(35)12-16-7-8-21(27)28-14-16/h7-8,13-15,19H,5-6,9-12H2,1-4H3,(H2,29,30,31,32,33)/t19-/m0/s1. The highest BCUT2D eigenvalue weighted by atomic mass is 19.1. The van der Waals surface area contributed by atoms with Gasteiger partial charge in [0.1, 0.15) is 5.82 Å². The first-order valence-electron chi connectivity index (χ1n) is 12.3. The van der Waals surface area contributed by atoms with E-state index in [4.69, 9.17) is 9.97 Å². The number of rotatable bonds is 7. The molecule has 1 atom stereocenters. The first-order valence-corrected chi connectivity index (χ1v) is 12.3. The monoisotopic (exact) mass is 477 g/mol. The molecule has 9 heteroatoms. The predicted molar refractivity (Wildman–Crippen MR) is 133 cm³/mol. The molecule has 5 rings (SSSR count). The highest BCUT2D eigenvalue weighted by Crippen LogP contribution is 2.42. The van der Waals surface area contributed by atoms with E-state index in [0.717, 1.165) is 60.8 Å². The van der Waals surface area contributed by atoms with Crippen LogP contribution in [-0.4, -0.2) is 43.5 Å². The van der Waals surface area contributed by atoms with Crippen LogP contribution >= 0.6 is 0 Å². The van der Waals surface area contributed by atoms with Gasteiger partial charge in [0.25, 0.3) is 0 Å². The van der Waals surface area contributed by atoms with Gasteiger partial charge in [-0.1, -0.05) is 33.8 Å². The van der Waals surface area contributed by atoms with Crippen molar-refractivity contribution in [3.8, 4) is 0 Å². The lowest BCUT2D eigenvalue weighted by Gasteiger charge is -2.26. The molecule has 8 nitrogen and oxygen atoms in total. The van der Waals surface area contributed by atoms with Gasteiger partial charge in [0.05, 0.1) is 11.7 Å². The van der Waals surface area contributed by atoms with Crippen LogP contribution in [0.15, 0.2) is 24.4 Å². The number of nitrogens with one attached hydrogen (secondary N) is 2. The molecule has 2 aliphatic rings. The van der Waals surface area contributed by atoms with E-state index in [-0.39, 0.29) is 23.7 Å². The Hall–Kier alpha value is -3.36. The number of halogens is 1. The topological polar surface area (TPSA) is 99.7 Å². The van der Waals surface area contributed by atoms with Gasteiger partial charge in [0.15, 0.2) is 11.6 Å². The lowest BCUT2D eigenvalue weighted by molar-refractivity contribution is -0.119. The highest BCUT2D eigenvalue weighted by Gasteiger charge is 2.38. The van der Waals surface area contributed by atoms with Crippen molar-refractivity contribution in [3.05, 3.63) is 52.9 Å². The number of H-pyrrole nitrogens is 1. The number of fused-ring (bicyclic) bond motifs is 1. The van der Waals surface area contributed by atoms with Gasteiger partial charge in [-0.2, -0.15) is 14.5 Å². The van der Waals surface area contributed by atoms with Crippen LogP contribution in [0.4, 0.5) is 22.0 Å². The third-order valence-electron chi connectivity index (χ3n) is 7.15. The average Bonchev–Trinajstić information content (AvgIpc) is 3.55. The van der Waals surface area contributed by atoms with Crippen LogP contribution in [0.5, 0.6) is 0 Å². The first-order chi connectivity index (χ1) is 16.7. The van der Waals surface area contributed by atoms with Crippen LogP contribution in [0.2, 0.25) is 0 Å². The number of Topliss-reactive ketones (excluding diaryl/α,β-unsaturated/α-hetero) is 1. The molecule has 1 aliphatic carbocycles. The molecule has 1 fully saturated rings. The number of carbonyl (C=O) groups excluding carboxylic acids is 1. The van der Waals surface area contributed by atoms with Crippen LogP contribution < -0.4 is 10.2 Å². The summed E-state index contributed by atoms with van der Waals surface area (Å²) in [6, 6.07) is 4.61. The van der Waals surface area contributed by atoms with E-state index in [1.165, 1.54) is 12.3 Å². The SMILES string of the molecule is CC(C)c1cc(Nc2nc(N3CCC[C@H]3C(=O)Cc3ccc(F)nc3)nc3c2CCC3(C)C)n[nH]1. The molecule has 3 aromatic heterocycles. The second kappa shape index (κ2) is 9.02. The fourth-order valence-electron chi connectivity index (χ4n) is 5.05. The van der Waals surface area contributed by atoms with E-state index in [9.17, 15) is 9.18 Å². The molecule has 4 heterocycles. The second-order valence-electron chi connectivity index (χ2n) is 10.6. The lowest BCUT2D eigenvalue weighted by Crippen LogP contribution is -2.38. The highest BCUT2D eigenvalue weighted by molar-refractivity contribution is 5.89. The Morgan fingerprint density at radius 3 is 2.86 bits per heavy atom. The lowest BCUT2D eigenvalue weighted by atomic mass is 9.91. The summed E-state index contributed by atoms with van der Waals surface area (Å²) in [6.45, 7) is 9.37. The zero-order valence-electron chi connectivity index (χ0n) is 20.7. The molecule has 1 saturated heterocycles. The van der Waals surface area contributed by atoms with Crippen molar-refractivity contribution in [2.24, 2.45) is 0 Å². The summed E-state index contributed by atoms with van der Waals surface area (Å²) >= 11 is 0. The molecule has 0 amide bonds. The number of aromatic amines is 1. The molecule has 0 saturated carbocycles. The largest absolute Gasteiger partial charge is 0.331 e. The molecule has 0 spiro atoms. The number of pyridine rings is 1. The summed E-state index contributed by atoms with van der Waals surface area (Å²) < 4.78 is 13.2. The van der Waals surface area contributed by atoms with E-state index in [1.54, 1.807) is 6.07 Å². The van der Waals surface area contributed by atoms with Crippen molar-refractivity contribution < 1.29 is 9.18 Å². The van der Waals surface area contributed by atoms with Crippen LogP contribution in [0.3, 0.4) is 0 Å². The fourth-order valence-corrected chi connectivity index (χ4v) is 5.05. The molecule has 184 valence electrons. The molecule has 0 unspecified atom stereocenters. The molecule has 0 bridgehead atoms. The second-order valence-corrected chi connectivity index (χ2v) is 10.6. The smallest absolute Gasteiger partial charge is 0.228 e. The van der Waals surface area contributed by atoms with E-state index < -0.39 is 5.95 Å². The summed E-state index contributed by atoms with van der Waals surface area (Å²) in [5.41, 5.74) is 3.84. The third kappa shape index (κ3) is 4.63. The summed E-state index contributed by atoms with van der Waals surface area (Å²) in [7, 11) is 0. The Morgan fingerprint density at radius 1 is 1.31 bits per heavy atom. The van der Waals surface area contributed by atoms with Crippen molar-refractivity contribution in [2.75, 3.05) is 16.8 Å². The number of nitrogens with zero attached hydrogens (tertiary/aromatic N) is 5. The molecular weight excluding hydrogens is 445 g/mol. The Morgan fingerprint density at radius 2 is 2.14 bits per heavy atom. The number of hydrogen-bond donors (Lipinski definition) is 2. The number of anilines is 3. The Balaban J connectivity index is 1.45. The van der Waals surface area contributed by atoms with Gasteiger partial charge in [-0.3, -0.25) is 9.89 Å². The van der Waals surface area contributed by atoms with Gasteiger partial charge in [-0.05, 0) is 43.2 Å². The summed E-state index contributed by atoms with van der Waals surface area (Å²) in [5, 5.41) is 10.9. The molecular formula is C26H32FN7O. The van der Waals surface area contributed by atoms with Gasteiger partial charge in [-0.15, -0.1) is 0 Å². The van der Waals surface area contributed by atoms with Gasteiger partial charge in [-0.25, -0.2) is 9.97 Å². The molecule has 0 aromatic carbocycles. The van der Waals surface area contributed by atoms with Gasteiger partial charge >= 0.3 is 0 Å². The molecule has 1 aliphatic heterocycles. The normalized spacial score (nSPS) is 18.8. The number of aromatic nitrogens is 5. The van der Waals surface area contributed by atoms with Crippen molar-refractivity contribution in [1.82, 2.24) is 25.1 Å². The van der Waals surface area contributed by atoms with Gasteiger partial charge in [0, 0.05) is 41.9 Å². The summed E-state index contributed by atoms with van der Waals surface area (Å²) in [6.07, 6.45) is 5.16. The Labute approximate surface area is 204 Å². The third-order valence-corrected chi connectivity index (χ3v) is 7.15. The maximum Gasteiger partial charge on any atom is 0.228 e. The van der Waals surface area contributed by atoms with Gasteiger partial charge in [0.2, 0.25) is 11.9 Å². The maximum atomic E-state index is 13.2. The van der Waals surface area contributed by atoms with Crippen LogP contribution in [0, 0.1) is 5.95 Å². The maximum absolute atomic E-state index is 13.2. The molecule has 35 heavy (non-hydrogen) atoms. The quantitative estimate of drug-likeness (QED) is 0.480. The van der Waals surface area contributed by atoms with Crippen molar-refractivity contribution in [3.63, 3.8) is 0 Å². The Bertz CT molecular complexity index is 1230. The van der Waals surface area contributed by atoms with E-state index in [1.807, 2.05) is 11.0 Å². The molecule has 3 aromatic rings. The zero-order chi connectivity index (χ0) is 24.7. The number of ketones is 1.